The number of carbonyl (C=O) groups excluding carboxylic acids is 1. The SMILES string of the molecule is CCOc1ccc(-c2ccc(=O)n(CCNC(=O)C3CCCN(c4cc(-c5ccc(OC)cc5)ncn4)C3)n2)cc1. The van der Waals surface area contributed by atoms with Gasteiger partial charge >= 0.3 is 0 Å². The molecule has 0 bridgehead atoms. The van der Waals surface area contributed by atoms with Gasteiger partial charge in [-0.05, 0) is 74.4 Å². The van der Waals surface area contributed by atoms with E-state index in [0.29, 0.717) is 25.4 Å². The summed E-state index contributed by atoms with van der Waals surface area (Å²) >= 11 is 0. The van der Waals surface area contributed by atoms with Gasteiger partial charge in [-0.1, -0.05) is 0 Å². The molecule has 0 radical (unpaired) electrons. The number of anilines is 1. The molecule has 41 heavy (non-hydrogen) atoms. The van der Waals surface area contributed by atoms with Gasteiger partial charge < -0.3 is 19.7 Å². The van der Waals surface area contributed by atoms with Gasteiger partial charge in [0.25, 0.3) is 5.56 Å². The van der Waals surface area contributed by atoms with E-state index < -0.39 is 0 Å². The Morgan fingerprint density at radius 3 is 2.44 bits per heavy atom. The number of carbonyl (C=O) groups is 1. The zero-order valence-corrected chi connectivity index (χ0v) is 23.3. The van der Waals surface area contributed by atoms with E-state index in [4.69, 9.17) is 9.47 Å². The Balaban J connectivity index is 1.18. The van der Waals surface area contributed by atoms with Crippen molar-refractivity contribution in [2.45, 2.75) is 26.3 Å². The molecule has 4 aromatic rings. The number of amides is 1. The summed E-state index contributed by atoms with van der Waals surface area (Å²) in [6.45, 7) is 4.51. The fourth-order valence-electron chi connectivity index (χ4n) is 4.92. The number of nitrogens with zero attached hydrogens (tertiary/aromatic N) is 5. The highest BCUT2D eigenvalue weighted by atomic mass is 16.5. The van der Waals surface area contributed by atoms with Crippen molar-refractivity contribution in [2.75, 3.05) is 38.3 Å². The van der Waals surface area contributed by atoms with Gasteiger partial charge in [0.2, 0.25) is 5.91 Å². The van der Waals surface area contributed by atoms with Crippen LogP contribution in [0.1, 0.15) is 19.8 Å². The number of aromatic nitrogens is 4. The highest BCUT2D eigenvalue weighted by molar-refractivity contribution is 5.79. The van der Waals surface area contributed by atoms with E-state index in [9.17, 15) is 9.59 Å². The summed E-state index contributed by atoms with van der Waals surface area (Å²) < 4.78 is 12.1. The third-order valence-corrected chi connectivity index (χ3v) is 7.11. The average Bonchev–Trinajstić information content (AvgIpc) is 3.02. The van der Waals surface area contributed by atoms with Crippen LogP contribution < -0.4 is 25.2 Å². The quantitative estimate of drug-likeness (QED) is 0.315. The minimum atomic E-state index is -0.214. The van der Waals surface area contributed by atoms with Gasteiger partial charge in [0.15, 0.2) is 0 Å². The monoisotopic (exact) mass is 554 g/mol. The molecule has 2 aromatic heterocycles. The maximum Gasteiger partial charge on any atom is 0.266 e. The summed E-state index contributed by atoms with van der Waals surface area (Å²) in [7, 11) is 1.64. The van der Waals surface area contributed by atoms with Crippen LogP contribution in [0.5, 0.6) is 11.5 Å². The van der Waals surface area contributed by atoms with Crippen molar-refractivity contribution in [1.29, 1.82) is 0 Å². The van der Waals surface area contributed by atoms with E-state index in [1.54, 1.807) is 19.5 Å². The number of hydrogen-bond acceptors (Lipinski definition) is 8. The predicted octanol–water partition coefficient (Wildman–Crippen LogP) is 3.81. The van der Waals surface area contributed by atoms with E-state index in [-0.39, 0.29) is 23.9 Å². The summed E-state index contributed by atoms with van der Waals surface area (Å²) in [4.78, 5) is 36.5. The summed E-state index contributed by atoms with van der Waals surface area (Å²) in [6, 6.07) is 20.5. The van der Waals surface area contributed by atoms with Crippen molar-refractivity contribution in [3.63, 3.8) is 0 Å². The van der Waals surface area contributed by atoms with Gasteiger partial charge in [-0.2, -0.15) is 5.10 Å². The Labute approximate surface area is 239 Å². The summed E-state index contributed by atoms with van der Waals surface area (Å²) in [6.07, 6.45) is 3.24. The van der Waals surface area contributed by atoms with E-state index in [1.807, 2.05) is 61.5 Å². The largest absolute Gasteiger partial charge is 0.497 e. The van der Waals surface area contributed by atoms with Crippen LogP contribution in [-0.4, -0.2) is 59.0 Å². The Morgan fingerprint density at radius 2 is 1.71 bits per heavy atom. The van der Waals surface area contributed by atoms with E-state index >= 15 is 0 Å². The molecule has 1 atom stereocenters. The van der Waals surface area contributed by atoms with Gasteiger partial charge in [0, 0.05) is 42.9 Å². The third kappa shape index (κ3) is 6.89. The predicted molar refractivity (Wildman–Crippen MR) is 157 cm³/mol. The molecule has 0 aliphatic carbocycles. The topological polar surface area (TPSA) is 111 Å². The maximum atomic E-state index is 13.1. The molecule has 212 valence electrons. The van der Waals surface area contributed by atoms with Crippen LogP contribution in [0.25, 0.3) is 22.5 Å². The lowest BCUT2D eigenvalue weighted by Gasteiger charge is -2.33. The molecule has 1 aliphatic heterocycles. The Kier molecular flexibility index (Phi) is 8.88. The first-order valence-electron chi connectivity index (χ1n) is 13.8. The first-order chi connectivity index (χ1) is 20.0. The fraction of sp³-hybridized carbons (Fsp3) is 0.323. The molecular formula is C31H34N6O4. The molecule has 5 rings (SSSR count). The van der Waals surface area contributed by atoms with Crippen LogP contribution in [-0.2, 0) is 11.3 Å². The zero-order valence-electron chi connectivity index (χ0n) is 23.3. The van der Waals surface area contributed by atoms with Crippen LogP contribution >= 0.6 is 0 Å². The Hall–Kier alpha value is -4.73. The summed E-state index contributed by atoms with van der Waals surface area (Å²) in [5.74, 6) is 2.16. The van der Waals surface area contributed by atoms with Gasteiger partial charge in [-0.3, -0.25) is 9.59 Å². The number of hydrogen-bond donors (Lipinski definition) is 1. The maximum absolute atomic E-state index is 13.1. The molecule has 10 nitrogen and oxygen atoms in total. The molecule has 3 heterocycles. The van der Waals surface area contributed by atoms with Crippen molar-refractivity contribution in [1.82, 2.24) is 25.1 Å². The van der Waals surface area contributed by atoms with E-state index in [1.165, 1.54) is 10.7 Å². The number of piperidine rings is 1. The second-order valence-electron chi connectivity index (χ2n) is 9.80. The Morgan fingerprint density at radius 1 is 0.976 bits per heavy atom. The van der Waals surface area contributed by atoms with Crippen LogP contribution in [0.4, 0.5) is 5.82 Å². The lowest BCUT2D eigenvalue weighted by Crippen LogP contribution is -2.44. The van der Waals surface area contributed by atoms with E-state index in [2.05, 4.69) is 25.3 Å². The fourth-order valence-corrected chi connectivity index (χ4v) is 4.92. The smallest absolute Gasteiger partial charge is 0.266 e. The first-order valence-corrected chi connectivity index (χ1v) is 13.8. The van der Waals surface area contributed by atoms with Crippen LogP contribution in [0, 0.1) is 5.92 Å². The molecule has 1 aliphatic rings. The molecule has 1 N–H and O–H groups in total. The number of ether oxygens (including phenoxy) is 2. The minimum Gasteiger partial charge on any atom is -0.497 e. The number of methoxy groups -OCH3 is 1. The number of nitrogens with one attached hydrogen (secondary N) is 1. The molecule has 1 unspecified atom stereocenters. The second-order valence-corrected chi connectivity index (χ2v) is 9.80. The third-order valence-electron chi connectivity index (χ3n) is 7.11. The first kappa shape index (κ1) is 27.8. The lowest BCUT2D eigenvalue weighted by atomic mass is 9.97. The number of rotatable bonds is 10. The minimum absolute atomic E-state index is 0.0325. The average molecular weight is 555 g/mol. The molecule has 0 saturated carbocycles. The molecule has 1 saturated heterocycles. The molecule has 10 heteroatoms. The van der Waals surface area contributed by atoms with Crippen molar-refractivity contribution < 1.29 is 14.3 Å². The molecule has 1 amide bonds. The van der Waals surface area contributed by atoms with Crippen molar-refractivity contribution in [2.24, 2.45) is 5.92 Å². The van der Waals surface area contributed by atoms with Gasteiger partial charge in [0.1, 0.15) is 23.6 Å². The van der Waals surface area contributed by atoms with Crippen molar-refractivity contribution in [3.05, 3.63) is 83.4 Å². The molecule has 0 spiro atoms. The second kappa shape index (κ2) is 13.1. The van der Waals surface area contributed by atoms with Crippen molar-refractivity contribution >= 4 is 11.7 Å². The molecular weight excluding hydrogens is 520 g/mol. The highest BCUT2D eigenvalue weighted by Gasteiger charge is 2.26. The van der Waals surface area contributed by atoms with Crippen LogP contribution in [0.15, 0.2) is 77.9 Å². The highest BCUT2D eigenvalue weighted by Crippen LogP contribution is 2.26. The molecule has 1 fully saturated rings. The van der Waals surface area contributed by atoms with Gasteiger partial charge in [-0.25, -0.2) is 14.6 Å². The number of benzene rings is 2. The van der Waals surface area contributed by atoms with Gasteiger partial charge in [-0.15, -0.1) is 0 Å². The normalized spacial score (nSPS) is 14.9. The zero-order chi connectivity index (χ0) is 28.6. The summed E-state index contributed by atoms with van der Waals surface area (Å²) in [5, 5.41) is 7.51. The lowest BCUT2D eigenvalue weighted by molar-refractivity contribution is -0.125. The van der Waals surface area contributed by atoms with Crippen LogP contribution in [0.3, 0.4) is 0 Å². The standard InChI is InChI=1S/C31H34N6O4/c1-3-41-26-12-8-22(9-13-26)27-14-15-30(38)37(35-27)18-16-32-31(39)24-5-4-17-36(20-24)29-19-28(33-21-34-29)23-6-10-25(40-2)11-7-23/h6-15,19,21,24H,3-5,16-18,20H2,1-2H3,(H,32,39). The van der Waals surface area contributed by atoms with Crippen LogP contribution in [0.2, 0.25) is 0 Å². The van der Waals surface area contributed by atoms with E-state index in [0.717, 1.165) is 53.5 Å². The summed E-state index contributed by atoms with van der Waals surface area (Å²) in [5.41, 5.74) is 3.13. The Bertz CT molecular complexity index is 1520. The van der Waals surface area contributed by atoms with Gasteiger partial charge in [0.05, 0.1) is 37.6 Å². The molecule has 2 aromatic carbocycles. The van der Waals surface area contributed by atoms with Crippen molar-refractivity contribution in [3.8, 4) is 34.0 Å².